The van der Waals surface area contributed by atoms with E-state index < -0.39 is 15.8 Å². The number of hydrogen-bond donors (Lipinski definition) is 2. The van der Waals surface area contributed by atoms with Crippen molar-refractivity contribution in [3.8, 4) is 0 Å². The lowest BCUT2D eigenvalue weighted by Crippen LogP contribution is -2.20. The molecule has 1 fully saturated rings. The van der Waals surface area contributed by atoms with E-state index in [0.29, 0.717) is 12.5 Å². The van der Waals surface area contributed by atoms with Crippen molar-refractivity contribution in [1.82, 2.24) is 5.32 Å². The molecular formula is C13H19FN2O2S. The fourth-order valence-corrected chi connectivity index (χ4v) is 2.97. The second-order valence-electron chi connectivity index (χ2n) is 4.87. The summed E-state index contributed by atoms with van der Waals surface area (Å²) in [6.45, 7) is 0.861. The van der Waals surface area contributed by atoms with Gasteiger partial charge in [-0.1, -0.05) is 6.07 Å². The largest absolute Gasteiger partial charge is 0.314 e. The van der Waals surface area contributed by atoms with Crippen LogP contribution in [0.1, 0.15) is 25.7 Å². The molecule has 0 amide bonds. The first kappa shape index (κ1) is 14.3. The van der Waals surface area contributed by atoms with Gasteiger partial charge in [0.25, 0.3) is 0 Å². The van der Waals surface area contributed by atoms with Crippen molar-refractivity contribution < 1.29 is 12.8 Å². The number of benzene rings is 1. The molecule has 0 atom stereocenters. The molecule has 0 radical (unpaired) electrons. The third-order valence-electron chi connectivity index (χ3n) is 2.95. The maximum atomic E-state index is 12.9. The highest BCUT2D eigenvalue weighted by Gasteiger charge is 2.19. The molecule has 1 aliphatic rings. The number of hydrogen-bond acceptors (Lipinski definition) is 3. The standard InChI is InChI=1S/C13H19FN2O2S/c14-11-4-3-5-13(10-11)16-19(17,18)9-2-1-8-15-12-6-7-12/h3-5,10,12,15-16H,1-2,6-9H2. The summed E-state index contributed by atoms with van der Waals surface area (Å²) in [5, 5.41) is 3.34. The van der Waals surface area contributed by atoms with Gasteiger partial charge in [0, 0.05) is 6.04 Å². The zero-order chi connectivity index (χ0) is 13.7. The fourth-order valence-electron chi connectivity index (χ4n) is 1.79. The lowest BCUT2D eigenvalue weighted by atomic mass is 10.3. The lowest BCUT2D eigenvalue weighted by molar-refractivity contribution is 0.590. The molecule has 106 valence electrons. The topological polar surface area (TPSA) is 58.2 Å². The van der Waals surface area contributed by atoms with Gasteiger partial charge in [0.05, 0.1) is 11.4 Å². The van der Waals surface area contributed by atoms with Crippen molar-refractivity contribution in [1.29, 1.82) is 0 Å². The second kappa shape index (κ2) is 6.34. The van der Waals surface area contributed by atoms with E-state index in [9.17, 15) is 12.8 Å². The molecule has 0 heterocycles. The van der Waals surface area contributed by atoms with Gasteiger partial charge in [0.2, 0.25) is 10.0 Å². The Balaban J connectivity index is 1.71. The van der Waals surface area contributed by atoms with Crippen LogP contribution in [0.4, 0.5) is 10.1 Å². The number of halogens is 1. The van der Waals surface area contributed by atoms with Gasteiger partial charge in [-0.2, -0.15) is 0 Å². The lowest BCUT2D eigenvalue weighted by Gasteiger charge is -2.08. The highest BCUT2D eigenvalue weighted by Crippen LogP contribution is 2.18. The highest BCUT2D eigenvalue weighted by molar-refractivity contribution is 7.92. The van der Waals surface area contributed by atoms with Crippen LogP contribution in [0.15, 0.2) is 24.3 Å². The van der Waals surface area contributed by atoms with Crippen molar-refractivity contribution in [2.24, 2.45) is 0 Å². The van der Waals surface area contributed by atoms with Crippen LogP contribution in [0.25, 0.3) is 0 Å². The third kappa shape index (κ3) is 5.57. The molecule has 2 N–H and O–H groups in total. The first-order valence-electron chi connectivity index (χ1n) is 6.55. The summed E-state index contributed by atoms with van der Waals surface area (Å²) in [4.78, 5) is 0. The van der Waals surface area contributed by atoms with E-state index in [1.54, 1.807) is 0 Å². The summed E-state index contributed by atoms with van der Waals surface area (Å²) in [5.41, 5.74) is 0.274. The number of nitrogens with one attached hydrogen (secondary N) is 2. The van der Waals surface area contributed by atoms with Gasteiger partial charge >= 0.3 is 0 Å². The molecule has 1 saturated carbocycles. The van der Waals surface area contributed by atoms with Crippen LogP contribution in [-0.4, -0.2) is 26.8 Å². The number of rotatable bonds is 8. The molecule has 0 bridgehead atoms. The first-order valence-corrected chi connectivity index (χ1v) is 8.20. The summed E-state index contributed by atoms with van der Waals surface area (Å²) < 4.78 is 38.8. The number of unbranched alkanes of at least 4 members (excludes halogenated alkanes) is 1. The fraction of sp³-hybridized carbons (Fsp3) is 0.538. The summed E-state index contributed by atoms with van der Waals surface area (Å²) in [5.74, 6) is -0.385. The molecule has 19 heavy (non-hydrogen) atoms. The van der Waals surface area contributed by atoms with Crippen LogP contribution < -0.4 is 10.0 Å². The van der Waals surface area contributed by atoms with E-state index in [1.807, 2.05) is 0 Å². The van der Waals surface area contributed by atoms with E-state index >= 15 is 0 Å². The Labute approximate surface area is 113 Å². The quantitative estimate of drug-likeness (QED) is 0.720. The van der Waals surface area contributed by atoms with Crippen LogP contribution in [0.3, 0.4) is 0 Å². The zero-order valence-corrected chi connectivity index (χ0v) is 11.5. The molecule has 4 nitrogen and oxygen atoms in total. The molecule has 2 rings (SSSR count). The Morgan fingerprint density at radius 1 is 1.26 bits per heavy atom. The summed E-state index contributed by atoms with van der Waals surface area (Å²) in [7, 11) is -3.38. The molecule has 6 heteroatoms. The van der Waals surface area contributed by atoms with E-state index in [1.165, 1.54) is 37.1 Å². The maximum Gasteiger partial charge on any atom is 0.232 e. The molecular weight excluding hydrogens is 267 g/mol. The predicted molar refractivity (Wildman–Crippen MR) is 74.1 cm³/mol. The van der Waals surface area contributed by atoms with Crippen LogP contribution in [-0.2, 0) is 10.0 Å². The predicted octanol–water partition coefficient (Wildman–Crippen LogP) is 2.10. The Morgan fingerprint density at radius 3 is 2.74 bits per heavy atom. The van der Waals surface area contributed by atoms with Crippen LogP contribution >= 0.6 is 0 Å². The van der Waals surface area contributed by atoms with Gasteiger partial charge < -0.3 is 5.32 Å². The van der Waals surface area contributed by atoms with Crippen molar-refractivity contribution in [2.75, 3.05) is 17.0 Å². The van der Waals surface area contributed by atoms with E-state index in [-0.39, 0.29) is 11.4 Å². The van der Waals surface area contributed by atoms with Gasteiger partial charge in [0.15, 0.2) is 0 Å². The molecule has 0 saturated heterocycles. The minimum absolute atomic E-state index is 0.0653. The SMILES string of the molecule is O=S(=O)(CCCCNC1CC1)Nc1cccc(F)c1. The van der Waals surface area contributed by atoms with Crippen LogP contribution in [0, 0.1) is 5.82 Å². The van der Waals surface area contributed by atoms with Crippen molar-refractivity contribution in [2.45, 2.75) is 31.7 Å². The molecule has 1 aromatic carbocycles. The summed E-state index contributed by atoms with van der Waals surface area (Å²) in [6, 6.07) is 6.12. The van der Waals surface area contributed by atoms with Gasteiger partial charge in [-0.15, -0.1) is 0 Å². The minimum Gasteiger partial charge on any atom is -0.314 e. The highest BCUT2D eigenvalue weighted by atomic mass is 32.2. The summed E-state index contributed by atoms with van der Waals surface area (Å²) in [6.07, 6.45) is 3.91. The Morgan fingerprint density at radius 2 is 2.05 bits per heavy atom. The zero-order valence-electron chi connectivity index (χ0n) is 10.7. The molecule has 0 unspecified atom stereocenters. The molecule has 1 aliphatic carbocycles. The van der Waals surface area contributed by atoms with Crippen molar-refractivity contribution in [3.63, 3.8) is 0 Å². The minimum atomic E-state index is -3.38. The van der Waals surface area contributed by atoms with Crippen LogP contribution in [0.5, 0.6) is 0 Å². The van der Waals surface area contributed by atoms with Gasteiger partial charge in [-0.05, 0) is 50.4 Å². The average Bonchev–Trinajstić information content (AvgIpc) is 3.11. The third-order valence-corrected chi connectivity index (χ3v) is 4.32. The van der Waals surface area contributed by atoms with E-state index in [0.717, 1.165) is 13.0 Å². The van der Waals surface area contributed by atoms with E-state index in [4.69, 9.17) is 0 Å². The molecule has 0 aromatic heterocycles. The van der Waals surface area contributed by atoms with E-state index in [2.05, 4.69) is 10.0 Å². The van der Waals surface area contributed by atoms with Gasteiger partial charge in [0.1, 0.15) is 5.82 Å². The van der Waals surface area contributed by atoms with Crippen LogP contribution in [0.2, 0.25) is 0 Å². The molecule has 0 spiro atoms. The normalized spacial score (nSPS) is 15.4. The second-order valence-corrected chi connectivity index (χ2v) is 6.71. The van der Waals surface area contributed by atoms with Crippen molar-refractivity contribution >= 4 is 15.7 Å². The monoisotopic (exact) mass is 286 g/mol. The average molecular weight is 286 g/mol. The smallest absolute Gasteiger partial charge is 0.232 e. The number of anilines is 1. The maximum absolute atomic E-state index is 12.9. The Kier molecular flexibility index (Phi) is 4.76. The first-order chi connectivity index (χ1) is 9.05. The van der Waals surface area contributed by atoms with Gasteiger partial charge in [-0.25, -0.2) is 12.8 Å². The Bertz CT molecular complexity index is 515. The molecule has 1 aromatic rings. The van der Waals surface area contributed by atoms with Crippen molar-refractivity contribution in [3.05, 3.63) is 30.1 Å². The Hall–Kier alpha value is -1.14. The molecule has 0 aliphatic heterocycles. The number of sulfonamides is 1. The van der Waals surface area contributed by atoms with Gasteiger partial charge in [-0.3, -0.25) is 4.72 Å². The summed E-state index contributed by atoms with van der Waals surface area (Å²) >= 11 is 0.